The van der Waals surface area contributed by atoms with E-state index in [0.717, 1.165) is 5.92 Å². The largest absolute Gasteiger partial charge is 0.292 e. The van der Waals surface area contributed by atoms with Crippen LogP contribution in [0, 0.1) is 30.0 Å². The fourth-order valence-electron chi connectivity index (χ4n) is 2.69. The molecule has 3 rings (SSSR count). The third-order valence-corrected chi connectivity index (χ3v) is 3.82. The molecule has 0 atom stereocenters. The molecule has 146 valence electrons. The summed E-state index contributed by atoms with van der Waals surface area (Å²) >= 11 is 0. The van der Waals surface area contributed by atoms with Gasteiger partial charge < -0.3 is 0 Å². The number of benzene rings is 1. The maximum Gasteiger partial charge on any atom is 0.183 e. The van der Waals surface area contributed by atoms with Gasteiger partial charge in [0.25, 0.3) is 0 Å². The van der Waals surface area contributed by atoms with Crippen LogP contribution in [0.5, 0.6) is 0 Å². The van der Waals surface area contributed by atoms with E-state index in [4.69, 9.17) is 5.26 Å². The Morgan fingerprint density at radius 1 is 1.32 bits per heavy atom. The number of hydrogen-bond acceptors (Lipinski definition) is 4. The highest BCUT2D eigenvalue weighted by Crippen LogP contribution is 2.30. The van der Waals surface area contributed by atoms with Crippen LogP contribution in [0.4, 0.5) is 4.39 Å². The minimum absolute atomic E-state index is 0.0283. The molecule has 6 heteroatoms. The summed E-state index contributed by atoms with van der Waals surface area (Å²) in [5, 5.41) is 13.2. The fourth-order valence-corrected chi connectivity index (χ4v) is 2.69. The number of halogens is 1. The van der Waals surface area contributed by atoms with Crippen LogP contribution in [0.25, 0.3) is 16.9 Å². The Hall–Kier alpha value is -3.07. The van der Waals surface area contributed by atoms with Gasteiger partial charge in [0.2, 0.25) is 0 Å². The number of Topliss-reactive ketones (excluding diaryl/α,β-unsaturated/α-hetero) is 1. The summed E-state index contributed by atoms with van der Waals surface area (Å²) in [7, 11) is 0. The molecule has 0 unspecified atom stereocenters. The molecule has 0 aliphatic heterocycles. The van der Waals surface area contributed by atoms with E-state index in [1.807, 2.05) is 13.0 Å². The van der Waals surface area contributed by atoms with Crippen molar-refractivity contribution in [3.63, 3.8) is 0 Å². The van der Waals surface area contributed by atoms with E-state index in [-0.39, 0.29) is 17.0 Å². The monoisotopic (exact) mass is 380 g/mol. The highest BCUT2D eigenvalue weighted by Gasteiger charge is 2.22. The first kappa shape index (κ1) is 21.2. The second kappa shape index (κ2) is 9.23. The Bertz CT molecular complexity index is 1030. The number of nitriles is 1. The van der Waals surface area contributed by atoms with Gasteiger partial charge in [-0.3, -0.25) is 4.79 Å². The van der Waals surface area contributed by atoms with Crippen molar-refractivity contribution in [3.05, 3.63) is 53.1 Å². The standard InChI is InChI=1S/C18H15FN4O.C4H10/c1-3-5-15(24)17-18(23-16(22-17)6-4-7-21-23)13-9-14(19)12(10-20)8-11(13)2;1-4(2)3/h4,6-9H,3,5H2,1-2H3;4H,1-3H3. The molecular weight excluding hydrogens is 355 g/mol. The molecule has 0 radical (unpaired) electrons. The minimum atomic E-state index is -0.627. The second-order valence-corrected chi connectivity index (χ2v) is 7.27. The Kier molecular flexibility index (Phi) is 7.00. The maximum absolute atomic E-state index is 14.1. The molecule has 2 aromatic heterocycles. The molecule has 0 saturated heterocycles. The first-order valence-corrected chi connectivity index (χ1v) is 9.37. The quantitative estimate of drug-likeness (QED) is 0.571. The lowest BCUT2D eigenvalue weighted by atomic mass is 9.99. The highest BCUT2D eigenvalue weighted by molar-refractivity contribution is 6.01. The van der Waals surface area contributed by atoms with Crippen molar-refractivity contribution in [2.24, 2.45) is 5.92 Å². The molecule has 5 nitrogen and oxygen atoms in total. The molecule has 0 spiro atoms. The van der Waals surface area contributed by atoms with Crippen molar-refractivity contribution in [2.45, 2.75) is 47.5 Å². The number of carbonyl (C=O) groups is 1. The number of imidazole rings is 1. The predicted octanol–water partition coefficient (Wildman–Crippen LogP) is 5.36. The molecule has 0 aliphatic rings. The van der Waals surface area contributed by atoms with E-state index in [1.165, 1.54) is 16.6 Å². The topological polar surface area (TPSA) is 71.1 Å². The van der Waals surface area contributed by atoms with Crippen LogP contribution < -0.4 is 0 Å². The lowest BCUT2D eigenvalue weighted by molar-refractivity contribution is 0.0978. The zero-order valence-electron chi connectivity index (χ0n) is 17.0. The Morgan fingerprint density at radius 3 is 2.61 bits per heavy atom. The number of aryl methyl sites for hydroxylation is 1. The van der Waals surface area contributed by atoms with Gasteiger partial charge in [0.1, 0.15) is 23.3 Å². The molecule has 0 N–H and O–H groups in total. The zero-order chi connectivity index (χ0) is 20.8. The van der Waals surface area contributed by atoms with Gasteiger partial charge in [0.05, 0.1) is 5.56 Å². The summed E-state index contributed by atoms with van der Waals surface area (Å²) in [6.45, 7) is 10.2. The number of hydrogen-bond donors (Lipinski definition) is 0. The zero-order valence-corrected chi connectivity index (χ0v) is 17.0. The van der Waals surface area contributed by atoms with Crippen LogP contribution >= 0.6 is 0 Å². The van der Waals surface area contributed by atoms with Crippen LogP contribution in [0.15, 0.2) is 30.5 Å². The van der Waals surface area contributed by atoms with Crippen molar-refractivity contribution < 1.29 is 9.18 Å². The molecule has 3 aromatic rings. The van der Waals surface area contributed by atoms with Gasteiger partial charge in [-0.05, 0) is 49.1 Å². The molecule has 28 heavy (non-hydrogen) atoms. The van der Waals surface area contributed by atoms with Crippen LogP contribution in [-0.2, 0) is 0 Å². The van der Waals surface area contributed by atoms with Gasteiger partial charge in [-0.1, -0.05) is 27.7 Å². The lowest BCUT2D eigenvalue weighted by Crippen LogP contribution is -2.04. The summed E-state index contributed by atoms with van der Waals surface area (Å²) in [6.07, 6.45) is 2.64. The number of aromatic nitrogens is 3. The number of carbonyl (C=O) groups excluding carboxylic acids is 1. The van der Waals surface area contributed by atoms with Crippen molar-refractivity contribution in [1.29, 1.82) is 5.26 Å². The van der Waals surface area contributed by atoms with Crippen LogP contribution in [-0.4, -0.2) is 20.4 Å². The van der Waals surface area contributed by atoms with Crippen molar-refractivity contribution in [1.82, 2.24) is 14.6 Å². The van der Waals surface area contributed by atoms with Crippen LogP contribution in [0.1, 0.15) is 62.2 Å². The van der Waals surface area contributed by atoms with Gasteiger partial charge >= 0.3 is 0 Å². The molecule has 0 aliphatic carbocycles. The Labute approximate surface area is 164 Å². The second-order valence-electron chi connectivity index (χ2n) is 7.27. The first-order valence-electron chi connectivity index (χ1n) is 9.37. The highest BCUT2D eigenvalue weighted by atomic mass is 19.1. The average Bonchev–Trinajstić information content (AvgIpc) is 3.02. The summed E-state index contributed by atoms with van der Waals surface area (Å²) in [5.74, 6) is 0.0973. The molecule has 0 bridgehead atoms. The van der Waals surface area contributed by atoms with Gasteiger partial charge in [0, 0.05) is 18.2 Å². The van der Waals surface area contributed by atoms with Crippen molar-refractivity contribution >= 4 is 11.4 Å². The van der Waals surface area contributed by atoms with E-state index in [9.17, 15) is 9.18 Å². The fraction of sp³-hybridized carbons (Fsp3) is 0.364. The molecule has 1 aromatic carbocycles. The van der Waals surface area contributed by atoms with E-state index >= 15 is 0 Å². The van der Waals surface area contributed by atoms with Gasteiger partial charge in [-0.15, -0.1) is 0 Å². The normalized spacial score (nSPS) is 10.5. The van der Waals surface area contributed by atoms with Crippen molar-refractivity contribution in [2.75, 3.05) is 0 Å². The summed E-state index contributed by atoms with van der Waals surface area (Å²) < 4.78 is 15.7. The average molecular weight is 380 g/mol. The lowest BCUT2D eigenvalue weighted by Gasteiger charge is -2.08. The van der Waals surface area contributed by atoms with E-state index in [2.05, 4.69) is 30.9 Å². The molecule has 0 fully saturated rings. The smallest absolute Gasteiger partial charge is 0.183 e. The third kappa shape index (κ3) is 4.61. The molecular formula is C22H25FN4O. The molecule has 0 saturated carbocycles. The number of nitrogens with zero attached hydrogens (tertiary/aromatic N) is 4. The van der Waals surface area contributed by atoms with E-state index < -0.39 is 5.82 Å². The SMILES string of the molecule is CC(C)C.CCCC(=O)c1nc2cccnn2c1-c1cc(F)c(C#N)cc1C. The Balaban J connectivity index is 0.000000640. The first-order chi connectivity index (χ1) is 13.3. The third-order valence-electron chi connectivity index (χ3n) is 3.82. The van der Waals surface area contributed by atoms with Crippen molar-refractivity contribution in [3.8, 4) is 17.3 Å². The summed E-state index contributed by atoms with van der Waals surface area (Å²) in [5.41, 5.74) is 2.44. The van der Waals surface area contributed by atoms with Crippen LogP contribution in [0.2, 0.25) is 0 Å². The summed E-state index contributed by atoms with van der Waals surface area (Å²) in [6, 6.07) is 8.04. The predicted molar refractivity (Wildman–Crippen MR) is 108 cm³/mol. The Morgan fingerprint density at radius 2 is 2.00 bits per heavy atom. The van der Waals surface area contributed by atoms with E-state index in [1.54, 1.807) is 25.3 Å². The molecule has 0 amide bonds. The number of rotatable bonds is 4. The van der Waals surface area contributed by atoms with Gasteiger partial charge in [-0.2, -0.15) is 10.4 Å². The van der Waals surface area contributed by atoms with Crippen LogP contribution in [0.3, 0.4) is 0 Å². The van der Waals surface area contributed by atoms with Gasteiger partial charge in [0.15, 0.2) is 11.4 Å². The van der Waals surface area contributed by atoms with E-state index in [0.29, 0.717) is 35.3 Å². The molecule has 2 heterocycles. The van der Waals surface area contributed by atoms with Gasteiger partial charge in [-0.25, -0.2) is 13.9 Å². The minimum Gasteiger partial charge on any atom is -0.292 e. The number of ketones is 1. The maximum atomic E-state index is 14.1. The number of fused-ring (bicyclic) bond motifs is 1. The summed E-state index contributed by atoms with van der Waals surface area (Å²) in [4.78, 5) is 16.9.